The van der Waals surface area contributed by atoms with Crippen LogP contribution >= 0.6 is 0 Å². The first-order valence-electron chi connectivity index (χ1n) is 12.9. The topological polar surface area (TPSA) is 52.9 Å². The quantitative estimate of drug-likeness (QED) is 0.677. The van der Waals surface area contributed by atoms with Gasteiger partial charge in [-0.15, -0.1) is 0 Å². The minimum atomic E-state index is -0.382. The minimum absolute atomic E-state index is 0.351. The highest BCUT2D eigenvalue weighted by Crippen LogP contribution is 2.59. The van der Waals surface area contributed by atoms with Crippen LogP contribution in [0.4, 0.5) is 0 Å². The second-order valence-electron chi connectivity index (χ2n) is 11.5. The molecule has 0 aromatic carbocycles. The SMILES string of the molecule is C[C@@H]1CN(C[C@@H](C)[C@H]2CC[C@H]3/C(=C/C=C4C[C@@H](O)C[C@H](O)C4)CCC[C@]23C)[C@@H](C)CO1. The van der Waals surface area contributed by atoms with E-state index in [1.54, 1.807) is 5.57 Å². The van der Waals surface area contributed by atoms with Crippen LogP contribution in [0.5, 0.6) is 0 Å². The van der Waals surface area contributed by atoms with Crippen LogP contribution in [-0.4, -0.2) is 59.2 Å². The summed E-state index contributed by atoms with van der Waals surface area (Å²) in [6, 6.07) is 0.526. The van der Waals surface area contributed by atoms with Crippen molar-refractivity contribution in [1.82, 2.24) is 4.90 Å². The van der Waals surface area contributed by atoms with Crippen molar-refractivity contribution in [2.24, 2.45) is 23.2 Å². The Morgan fingerprint density at radius 3 is 2.65 bits per heavy atom. The van der Waals surface area contributed by atoms with Gasteiger partial charge < -0.3 is 14.9 Å². The molecule has 0 radical (unpaired) electrons. The molecule has 1 heterocycles. The van der Waals surface area contributed by atoms with Crippen molar-refractivity contribution in [1.29, 1.82) is 0 Å². The second-order valence-corrected chi connectivity index (χ2v) is 11.5. The largest absolute Gasteiger partial charge is 0.393 e. The van der Waals surface area contributed by atoms with Gasteiger partial charge in [-0.05, 0) is 88.4 Å². The average Bonchev–Trinajstić information content (AvgIpc) is 3.06. The van der Waals surface area contributed by atoms with Gasteiger partial charge in [0.15, 0.2) is 0 Å². The lowest BCUT2D eigenvalue weighted by Crippen LogP contribution is -2.50. The van der Waals surface area contributed by atoms with Gasteiger partial charge in [-0.3, -0.25) is 4.90 Å². The van der Waals surface area contributed by atoms with Gasteiger partial charge in [0, 0.05) is 19.1 Å². The van der Waals surface area contributed by atoms with Crippen LogP contribution < -0.4 is 0 Å². The third kappa shape index (κ3) is 5.13. The molecule has 4 fully saturated rings. The van der Waals surface area contributed by atoms with Crippen molar-refractivity contribution in [2.75, 3.05) is 19.7 Å². The molecule has 4 aliphatic rings. The van der Waals surface area contributed by atoms with Gasteiger partial charge in [-0.2, -0.15) is 0 Å². The normalized spacial score (nSPS) is 44.3. The standard InChI is InChI=1S/C27H45NO3/c1-18(15-28-16-20(3)31-17-19(28)2)25-9-10-26-22(6-5-11-27(25,26)4)8-7-21-12-23(29)14-24(30)13-21/h7-8,18-20,23-26,29-30H,5-6,9-17H2,1-4H3/b22-8+/t18-,19+,20-,23-,24-,25-,26+,27-/m1/s1. The molecule has 0 spiro atoms. The lowest BCUT2D eigenvalue weighted by atomic mass is 9.61. The van der Waals surface area contributed by atoms with Crippen LogP contribution in [0.15, 0.2) is 23.3 Å². The molecule has 8 atom stereocenters. The van der Waals surface area contributed by atoms with Crippen molar-refractivity contribution in [3.05, 3.63) is 23.3 Å². The fourth-order valence-electron chi connectivity index (χ4n) is 7.47. The summed E-state index contributed by atoms with van der Waals surface area (Å²) >= 11 is 0. The molecule has 1 saturated heterocycles. The van der Waals surface area contributed by atoms with E-state index in [0.29, 0.717) is 35.8 Å². The van der Waals surface area contributed by atoms with E-state index in [1.165, 1.54) is 44.2 Å². The fraction of sp³-hybridized carbons (Fsp3) is 0.852. The highest BCUT2D eigenvalue weighted by atomic mass is 16.5. The van der Waals surface area contributed by atoms with E-state index >= 15 is 0 Å². The molecule has 0 amide bonds. The van der Waals surface area contributed by atoms with Crippen molar-refractivity contribution in [3.63, 3.8) is 0 Å². The van der Waals surface area contributed by atoms with Gasteiger partial charge >= 0.3 is 0 Å². The monoisotopic (exact) mass is 431 g/mol. The van der Waals surface area contributed by atoms with E-state index in [1.807, 2.05) is 0 Å². The number of rotatable bonds is 4. The van der Waals surface area contributed by atoms with E-state index in [0.717, 1.165) is 31.9 Å². The summed E-state index contributed by atoms with van der Waals surface area (Å²) in [4.78, 5) is 2.67. The number of hydrogen-bond donors (Lipinski definition) is 2. The third-order valence-corrected chi connectivity index (χ3v) is 9.06. The number of hydrogen-bond acceptors (Lipinski definition) is 4. The van der Waals surface area contributed by atoms with Crippen LogP contribution in [0.2, 0.25) is 0 Å². The second kappa shape index (κ2) is 9.67. The van der Waals surface area contributed by atoms with E-state index in [2.05, 4.69) is 44.7 Å². The maximum absolute atomic E-state index is 10.0. The molecule has 1 aliphatic heterocycles. The molecule has 0 aromatic heterocycles. The number of aliphatic hydroxyl groups is 2. The first-order chi connectivity index (χ1) is 14.8. The van der Waals surface area contributed by atoms with Crippen LogP contribution in [0.3, 0.4) is 0 Å². The Hall–Kier alpha value is -0.680. The zero-order valence-corrected chi connectivity index (χ0v) is 20.2. The summed E-state index contributed by atoms with van der Waals surface area (Å²) in [6.45, 7) is 12.7. The maximum Gasteiger partial charge on any atom is 0.0674 e. The summed E-state index contributed by atoms with van der Waals surface area (Å²) in [6.07, 6.45) is 12.7. The van der Waals surface area contributed by atoms with Gasteiger partial charge in [0.2, 0.25) is 0 Å². The van der Waals surface area contributed by atoms with Crippen molar-refractivity contribution in [2.45, 2.75) is 103 Å². The molecular weight excluding hydrogens is 386 g/mol. The number of nitrogens with zero attached hydrogens (tertiary/aromatic N) is 1. The minimum Gasteiger partial charge on any atom is -0.393 e. The van der Waals surface area contributed by atoms with Crippen molar-refractivity contribution < 1.29 is 14.9 Å². The molecule has 3 aliphatic carbocycles. The molecule has 0 aromatic rings. The van der Waals surface area contributed by atoms with E-state index in [9.17, 15) is 10.2 Å². The number of aliphatic hydroxyl groups excluding tert-OH is 2. The molecule has 3 saturated carbocycles. The van der Waals surface area contributed by atoms with Gasteiger partial charge in [-0.1, -0.05) is 37.1 Å². The first-order valence-corrected chi connectivity index (χ1v) is 12.9. The Kier molecular flexibility index (Phi) is 7.32. The molecule has 0 bridgehead atoms. The Labute approximate surface area is 189 Å². The van der Waals surface area contributed by atoms with Crippen LogP contribution in [-0.2, 0) is 4.74 Å². The van der Waals surface area contributed by atoms with Gasteiger partial charge in [0.1, 0.15) is 0 Å². The summed E-state index contributed by atoms with van der Waals surface area (Å²) in [7, 11) is 0. The van der Waals surface area contributed by atoms with Crippen molar-refractivity contribution >= 4 is 0 Å². The van der Waals surface area contributed by atoms with Gasteiger partial charge in [0.25, 0.3) is 0 Å². The van der Waals surface area contributed by atoms with Gasteiger partial charge in [0.05, 0.1) is 24.9 Å². The van der Waals surface area contributed by atoms with Crippen LogP contribution in [0.1, 0.15) is 79.1 Å². The molecule has 0 unspecified atom stereocenters. The summed E-state index contributed by atoms with van der Waals surface area (Å²) in [5, 5.41) is 20.0. The van der Waals surface area contributed by atoms with Crippen LogP contribution in [0.25, 0.3) is 0 Å². The fourth-order valence-corrected chi connectivity index (χ4v) is 7.47. The van der Waals surface area contributed by atoms with E-state index in [-0.39, 0.29) is 12.2 Å². The summed E-state index contributed by atoms with van der Waals surface area (Å²) < 4.78 is 5.85. The molecule has 2 N–H and O–H groups in total. The first kappa shape index (κ1) is 23.5. The summed E-state index contributed by atoms with van der Waals surface area (Å²) in [5.41, 5.74) is 3.25. The molecule has 176 valence electrons. The lowest BCUT2D eigenvalue weighted by Gasteiger charge is -2.46. The number of ether oxygens (including phenoxy) is 1. The number of morpholine rings is 1. The summed E-state index contributed by atoms with van der Waals surface area (Å²) in [5.74, 6) is 2.20. The molecule has 31 heavy (non-hydrogen) atoms. The molecule has 4 nitrogen and oxygen atoms in total. The zero-order chi connectivity index (χ0) is 22.2. The third-order valence-electron chi connectivity index (χ3n) is 9.06. The van der Waals surface area contributed by atoms with E-state index in [4.69, 9.17) is 4.74 Å². The predicted molar refractivity (Wildman–Crippen MR) is 126 cm³/mol. The van der Waals surface area contributed by atoms with Gasteiger partial charge in [-0.25, -0.2) is 0 Å². The number of allylic oxidation sites excluding steroid dienone is 3. The Balaban J connectivity index is 1.45. The Morgan fingerprint density at radius 2 is 1.90 bits per heavy atom. The molecule has 4 rings (SSSR count). The average molecular weight is 432 g/mol. The molecular formula is C27H45NO3. The van der Waals surface area contributed by atoms with Crippen LogP contribution in [0, 0.1) is 23.2 Å². The lowest BCUT2D eigenvalue weighted by molar-refractivity contribution is -0.0596. The number of fused-ring (bicyclic) bond motifs is 1. The van der Waals surface area contributed by atoms with E-state index < -0.39 is 0 Å². The highest BCUT2D eigenvalue weighted by molar-refractivity contribution is 5.26. The molecule has 4 heteroatoms. The predicted octanol–water partition coefficient (Wildman–Crippen LogP) is 4.71. The Bertz CT molecular complexity index is 676. The Morgan fingerprint density at radius 1 is 1.16 bits per heavy atom. The van der Waals surface area contributed by atoms with Crippen molar-refractivity contribution in [3.8, 4) is 0 Å². The smallest absolute Gasteiger partial charge is 0.0674 e. The highest BCUT2D eigenvalue weighted by Gasteiger charge is 2.51. The zero-order valence-electron chi connectivity index (χ0n) is 20.2. The maximum atomic E-state index is 10.0.